The second-order valence-corrected chi connectivity index (χ2v) is 17.2. The fourth-order valence-corrected chi connectivity index (χ4v) is 8.55. The zero-order chi connectivity index (χ0) is 40.8. The van der Waals surface area contributed by atoms with E-state index in [0.29, 0.717) is 19.4 Å². The fourth-order valence-electron chi connectivity index (χ4n) is 8.55. The van der Waals surface area contributed by atoms with Crippen molar-refractivity contribution < 1.29 is 58.7 Å². The minimum absolute atomic E-state index is 0.145. The van der Waals surface area contributed by atoms with Gasteiger partial charge in [0.2, 0.25) is 0 Å². The second-order valence-electron chi connectivity index (χ2n) is 17.2. The van der Waals surface area contributed by atoms with Crippen molar-refractivity contribution in [1.82, 2.24) is 9.80 Å². The van der Waals surface area contributed by atoms with Gasteiger partial charge in [-0.1, -0.05) is 27.2 Å². The smallest absolute Gasteiger partial charge is 0.311 e. The third kappa shape index (κ3) is 12.2. The summed E-state index contributed by atoms with van der Waals surface area (Å²) in [6.07, 6.45) is -5.66. The van der Waals surface area contributed by atoms with E-state index in [1.807, 2.05) is 65.6 Å². The minimum atomic E-state index is -1.57. The number of carbonyl (C=O) groups is 1. The van der Waals surface area contributed by atoms with Gasteiger partial charge in [0, 0.05) is 38.1 Å². The zero-order valence-corrected chi connectivity index (χ0v) is 35.3. The number of methoxy groups -OCH3 is 2. The highest BCUT2D eigenvalue weighted by Gasteiger charge is 2.51. The highest BCUT2D eigenvalue weighted by atomic mass is 16.7. The molecule has 0 saturated carbocycles. The number of carbonyl (C=O) groups excluding carboxylic acids is 1. The van der Waals surface area contributed by atoms with E-state index in [-0.39, 0.29) is 36.9 Å². The Morgan fingerprint density at radius 3 is 2.13 bits per heavy atom. The maximum Gasteiger partial charge on any atom is 0.311 e. The van der Waals surface area contributed by atoms with Gasteiger partial charge in [0.15, 0.2) is 12.6 Å². The van der Waals surface area contributed by atoms with Crippen LogP contribution in [-0.4, -0.2) is 167 Å². The molecule has 2 aliphatic rings. The van der Waals surface area contributed by atoms with E-state index in [0.717, 1.165) is 6.42 Å². The molecule has 0 bridgehead atoms. The molecule has 14 nitrogen and oxygen atoms in total. The Morgan fingerprint density at radius 1 is 1.00 bits per heavy atom. The van der Waals surface area contributed by atoms with E-state index >= 15 is 0 Å². The molecule has 2 saturated heterocycles. The standard InChI is InChI=1S/C39H76N2O12/c1-16-17-37(8,46)32(43)26(6)41(13)21-22(2)19-38(9,47)34(53-36-30(42)28(40(11)12)18-23(3)50-36)24(4)31(25(5)35(45)48-14)52-29-20-39(10,49-15)33(44)27(7)51-29/h22-34,36,42-44,46-47H,16-21H2,1-15H3/t22-,23-,24+,25-,26+,27?,28?,29?,30-,31+,32+,33+,34-,36?,37-,38-,39-/m1/s1. The lowest BCUT2D eigenvalue weighted by Gasteiger charge is -2.48. The number of hydrogen-bond donors (Lipinski definition) is 5. The Kier molecular flexibility index (Phi) is 18.1. The summed E-state index contributed by atoms with van der Waals surface area (Å²) < 4.78 is 36.5. The van der Waals surface area contributed by atoms with Crippen LogP contribution >= 0.6 is 0 Å². The van der Waals surface area contributed by atoms with Crippen molar-refractivity contribution in [3.8, 4) is 0 Å². The first-order valence-electron chi connectivity index (χ1n) is 19.5. The van der Waals surface area contributed by atoms with Crippen molar-refractivity contribution in [2.75, 3.05) is 41.9 Å². The van der Waals surface area contributed by atoms with Gasteiger partial charge in [-0.3, -0.25) is 4.79 Å². The summed E-state index contributed by atoms with van der Waals surface area (Å²) >= 11 is 0. The topological polar surface area (TPSA) is 180 Å². The second kappa shape index (κ2) is 19.9. The lowest BCUT2D eigenvalue weighted by Crippen LogP contribution is -2.60. The number of nitrogens with zero attached hydrogens (tertiary/aromatic N) is 2. The number of esters is 1. The maximum absolute atomic E-state index is 13.2. The van der Waals surface area contributed by atoms with E-state index in [9.17, 15) is 30.3 Å². The third-order valence-electron chi connectivity index (χ3n) is 11.9. The average Bonchev–Trinajstić information content (AvgIpc) is 3.07. The molecule has 0 spiro atoms. The van der Waals surface area contributed by atoms with Crippen LogP contribution in [0.15, 0.2) is 0 Å². The molecule has 4 unspecified atom stereocenters. The van der Waals surface area contributed by atoms with Crippen molar-refractivity contribution in [3.63, 3.8) is 0 Å². The molecule has 0 aromatic carbocycles. The molecule has 5 N–H and O–H groups in total. The van der Waals surface area contributed by atoms with Crippen molar-refractivity contribution in [3.05, 3.63) is 0 Å². The van der Waals surface area contributed by atoms with Crippen LogP contribution in [0.1, 0.15) is 101 Å². The number of likely N-dealkylation sites (N-methyl/N-ethyl adjacent to an activating group) is 2. The molecule has 2 aliphatic heterocycles. The van der Waals surface area contributed by atoms with Gasteiger partial charge in [-0.2, -0.15) is 0 Å². The van der Waals surface area contributed by atoms with Gasteiger partial charge in [-0.15, -0.1) is 0 Å². The summed E-state index contributed by atoms with van der Waals surface area (Å²) in [4.78, 5) is 17.1. The van der Waals surface area contributed by atoms with Crippen LogP contribution in [0.25, 0.3) is 0 Å². The molecular weight excluding hydrogens is 688 g/mol. The quantitative estimate of drug-likeness (QED) is 0.114. The van der Waals surface area contributed by atoms with Crippen LogP contribution in [0.4, 0.5) is 0 Å². The Labute approximate surface area is 319 Å². The molecule has 14 heteroatoms. The summed E-state index contributed by atoms with van der Waals surface area (Å²) in [6.45, 7) is 18.5. The minimum Gasteiger partial charge on any atom is -0.469 e. The Balaban J connectivity index is 2.53. The van der Waals surface area contributed by atoms with Crippen LogP contribution in [0, 0.1) is 17.8 Å². The molecule has 2 heterocycles. The highest BCUT2D eigenvalue weighted by Crippen LogP contribution is 2.39. The van der Waals surface area contributed by atoms with Gasteiger partial charge in [0.25, 0.3) is 0 Å². The molecule has 53 heavy (non-hydrogen) atoms. The molecule has 17 atom stereocenters. The monoisotopic (exact) mass is 765 g/mol. The lowest BCUT2D eigenvalue weighted by molar-refractivity contribution is -0.317. The van der Waals surface area contributed by atoms with Gasteiger partial charge in [0.05, 0.1) is 60.4 Å². The van der Waals surface area contributed by atoms with Crippen molar-refractivity contribution in [2.24, 2.45) is 17.8 Å². The first kappa shape index (κ1) is 48.1. The van der Waals surface area contributed by atoms with Gasteiger partial charge >= 0.3 is 5.97 Å². The van der Waals surface area contributed by atoms with Crippen LogP contribution in [0.2, 0.25) is 0 Å². The number of hydrogen-bond acceptors (Lipinski definition) is 14. The van der Waals surface area contributed by atoms with E-state index < -0.39 is 83.8 Å². The summed E-state index contributed by atoms with van der Waals surface area (Å²) in [5, 5.41) is 56.8. The van der Waals surface area contributed by atoms with E-state index in [1.165, 1.54) is 14.2 Å². The van der Waals surface area contributed by atoms with Crippen molar-refractivity contribution in [2.45, 2.75) is 186 Å². The normalized spacial score (nSPS) is 34.7. The van der Waals surface area contributed by atoms with Crippen molar-refractivity contribution >= 4 is 5.97 Å². The maximum atomic E-state index is 13.2. The molecule has 0 radical (unpaired) electrons. The van der Waals surface area contributed by atoms with Gasteiger partial charge in [-0.25, -0.2) is 0 Å². The number of aliphatic hydroxyl groups is 5. The van der Waals surface area contributed by atoms with Crippen LogP contribution < -0.4 is 0 Å². The molecule has 2 rings (SSSR count). The molecule has 314 valence electrons. The molecule has 0 aliphatic carbocycles. The molecule has 2 fully saturated rings. The Hall–Kier alpha value is -1.01. The fraction of sp³-hybridized carbons (Fsp3) is 0.974. The largest absolute Gasteiger partial charge is 0.469 e. The molecular formula is C39H76N2O12. The number of rotatable bonds is 20. The number of aliphatic hydroxyl groups excluding tert-OH is 3. The van der Waals surface area contributed by atoms with E-state index in [1.54, 1.807) is 34.6 Å². The Morgan fingerprint density at radius 2 is 1.60 bits per heavy atom. The third-order valence-corrected chi connectivity index (χ3v) is 11.9. The van der Waals surface area contributed by atoms with Gasteiger partial charge in [0.1, 0.15) is 12.2 Å². The summed E-state index contributed by atoms with van der Waals surface area (Å²) in [5.41, 5.74) is -3.81. The van der Waals surface area contributed by atoms with Crippen LogP contribution in [0.5, 0.6) is 0 Å². The number of ether oxygens (including phenoxy) is 6. The predicted octanol–water partition coefficient (Wildman–Crippen LogP) is 2.54. The first-order valence-corrected chi connectivity index (χ1v) is 19.5. The molecule has 0 amide bonds. The van der Waals surface area contributed by atoms with Crippen LogP contribution in [0.3, 0.4) is 0 Å². The SMILES string of the molecule is CCC[C@@](C)(O)[C@@H](O)[C@H](C)N(C)C[C@H](C)C[C@@](C)(O)[C@H](OC1O[C@H](C)CC(N(C)C)[C@H]1O)[C@@H](C)[C@H](OC1C[C@@](C)(OC)[C@@H](O)C(C)O1)[C@@H](C)C(=O)OC. The van der Waals surface area contributed by atoms with E-state index in [2.05, 4.69) is 0 Å². The van der Waals surface area contributed by atoms with Gasteiger partial charge < -0.3 is 63.8 Å². The molecule has 0 aromatic rings. The summed E-state index contributed by atoms with van der Waals surface area (Å²) in [6, 6.07) is -0.649. The van der Waals surface area contributed by atoms with Crippen LogP contribution in [-0.2, 0) is 33.2 Å². The summed E-state index contributed by atoms with van der Waals surface area (Å²) in [7, 11) is 8.46. The van der Waals surface area contributed by atoms with Crippen molar-refractivity contribution in [1.29, 1.82) is 0 Å². The molecule has 0 aromatic heterocycles. The lowest BCUT2D eigenvalue weighted by atomic mass is 9.77. The first-order chi connectivity index (χ1) is 24.4. The predicted molar refractivity (Wildman–Crippen MR) is 201 cm³/mol. The zero-order valence-electron chi connectivity index (χ0n) is 35.3. The van der Waals surface area contributed by atoms with E-state index in [4.69, 9.17) is 28.4 Å². The average molecular weight is 765 g/mol. The highest BCUT2D eigenvalue weighted by molar-refractivity contribution is 5.72. The summed E-state index contributed by atoms with van der Waals surface area (Å²) in [5.74, 6) is -2.23. The Bertz CT molecular complexity index is 1110. The van der Waals surface area contributed by atoms with Gasteiger partial charge in [-0.05, 0) is 94.8 Å².